The van der Waals surface area contributed by atoms with Crippen LogP contribution < -0.4 is 5.32 Å². The summed E-state index contributed by atoms with van der Waals surface area (Å²) in [5.41, 5.74) is 3.19. The second-order valence-electron chi connectivity index (χ2n) is 8.20. The lowest BCUT2D eigenvalue weighted by Gasteiger charge is -2.32. The first-order valence-corrected chi connectivity index (χ1v) is 12.5. The van der Waals surface area contributed by atoms with Crippen molar-refractivity contribution in [1.82, 2.24) is 10.2 Å². The van der Waals surface area contributed by atoms with Crippen LogP contribution in [0.5, 0.6) is 0 Å². The van der Waals surface area contributed by atoms with Gasteiger partial charge in [-0.25, -0.2) is 4.99 Å². The monoisotopic (exact) mass is 471 g/mol. The first-order valence-electron chi connectivity index (χ1n) is 11.7. The van der Waals surface area contributed by atoms with Gasteiger partial charge in [-0.2, -0.15) is 0 Å². The minimum atomic E-state index is -0.476. The van der Waals surface area contributed by atoms with Crippen LogP contribution in [0.25, 0.3) is 0 Å². The second-order valence-corrected chi connectivity index (χ2v) is 9.37. The van der Waals surface area contributed by atoms with Crippen molar-refractivity contribution in [1.29, 1.82) is 0 Å². The van der Waals surface area contributed by atoms with E-state index in [0.717, 1.165) is 24.9 Å². The van der Waals surface area contributed by atoms with Gasteiger partial charge in [-0.1, -0.05) is 90.6 Å². The summed E-state index contributed by atoms with van der Waals surface area (Å²) >= 11 is 1.38. The average Bonchev–Trinajstić information content (AvgIpc) is 2.87. The number of aliphatic imine (C=N–C) groups is 1. The van der Waals surface area contributed by atoms with Gasteiger partial charge in [0.05, 0.1) is 10.9 Å². The number of nitrogens with one attached hydrogen (secondary N) is 1. The van der Waals surface area contributed by atoms with Gasteiger partial charge in [0.1, 0.15) is 0 Å². The molecule has 0 aliphatic carbocycles. The Balaban J connectivity index is 1.40. The summed E-state index contributed by atoms with van der Waals surface area (Å²) < 4.78 is 0. The smallest absolute Gasteiger partial charge is 0.234 e. The highest BCUT2D eigenvalue weighted by Gasteiger charge is 2.35. The van der Waals surface area contributed by atoms with Gasteiger partial charge in [-0.05, 0) is 42.5 Å². The van der Waals surface area contributed by atoms with Gasteiger partial charge in [0, 0.05) is 19.5 Å². The number of aryl methyl sites for hydroxylation is 1. The molecule has 174 valence electrons. The van der Waals surface area contributed by atoms with E-state index in [0.29, 0.717) is 18.3 Å². The van der Waals surface area contributed by atoms with Crippen molar-refractivity contribution in [2.24, 2.45) is 4.99 Å². The van der Waals surface area contributed by atoms with Crippen molar-refractivity contribution in [2.45, 2.75) is 30.9 Å². The Kier molecular flexibility index (Phi) is 8.52. The number of rotatable bonds is 9. The molecule has 1 atom stereocenters. The molecule has 3 aromatic carbocycles. The molecule has 1 saturated heterocycles. The maximum absolute atomic E-state index is 13.1. The summed E-state index contributed by atoms with van der Waals surface area (Å²) in [6, 6.07) is 29.9. The molecule has 5 nitrogen and oxygen atoms in total. The van der Waals surface area contributed by atoms with E-state index in [4.69, 9.17) is 4.99 Å². The fourth-order valence-corrected chi connectivity index (χ4v) is 5.00. The molecular formula is C28H29N3O2S. The Morgan fingerprint density at radius 2 is 1.47 bits per heavy atom. The van der Waals surface area contributed by atoms with E-state index in [1.54, 1.807) is 4.90 Å². The van der Waals surface area contributed by atoms with Crippen molar-refractivity contribution in [3.8, 4) is 0 Å². The molecule has 0 saturated carbocycles. The minimum Gasteiger partial charge on any atom is -0.355 e. The lowest BCUT2D eigenvalue weighted by atomic mass is 10.1. The van der Waals surface area contributed by atoms with E-state index in [9.17, 15) is 9.59 Å². The Morgan fingerprint density at radius 3 is 2.12 bits per heavy atom. The molecular weight excluding hydrogens is 442 g/mol. The summed E-state index contributed by atoms with van der Waals surface area (Å²) in [4.78, 5) is 32.5. The summed E-state index contributed by atoms with van der Waals surface area (Å²) in [5.74, 6) is -0.163. The van der Waals surface area contributed by atoms with Crippen molar-refractivity contribution in [3.63, 3.8) is 0 Å². The topological polar surface area (TPSA) is 61.8 Å². The molecule has 6 heteroatoms. The van der Waals surface area contributed by atoms with Crippen molar-refractivity contribution in [2.75, 3.05) is 13.1 Å². The molecule has 1 heterocycles. The van der Waals surface area contributed by atoms with Crippen LogP contribution in [0, 0.1) is 0 Å². The van der Waals surface area contributed by atoms with Gasteiger partial charge in [0.25, 0.3) is 0 Å². The van der Waals surface area contributed by atoms with E-state index >= 15 is 0 Å². The largest absolute Gasteiger partial charge is 0.355 e. The summed E-state index contributed by atoms with van der Waals surface area (Å²) in [6.45, 7) is 1.12. The van der Waals surface area contributed by atoms with Crippen LogP contribution in [0.3, 0.4) is 0 Å². The molecule has 0 bridgehead atoms. The SMILES string of the molecule is O=C(NCCc1ccccc1)[C@H]1CC(=O)N(CCCc2ccccc2)C(=Nc2ccccc2)S1. The fourth-order valence-electron chi connectivity index (χ4n) is 3.85. The van der Waals surface area contributed by atoms with E-state index < -0.39 is 5.25 Å². The van der Waals surface area contributed by atoms with Crippen LogP contribution in [0.4, 0.5) is 5.69 Å². The van der Waals surface area contributed by atoms with E-state index in [-0.39, 0.29) is 18.2 Å². The zero-order chi connectivity index (χ0) is 23.6. The van der Waals surface area contributed by atoms with Crippen LogP contribution in [-0.4, -0.2) is 40.2 Å². The molecule has 3 aromatic rings. The number of amidine groups is 1. The molecule has 1 fully saturated rings. The van der Waals surface area contributed by atoms with Gasteiger partial charge in [0.2, 0.25) is 11.8 Å². The number of para-hydroxylation sites is 1. The Morgan fingerprint density at radius 1 is 0.882 bits per heavy atom. The number of carbonyl (C=O) groups excluding carboxylic acids is 2. The Bertz CT molecular complexity index is 1100. The molecule has 34 heavy (non-hydrogen) atoms. The number of nitrogens with zero attached hydrogens (tertiary/aromatic N) is 2. The highest BCUT2D eigenvalue weighted by Crippen LogP contribution is 2.29. The molecule has 1 aliphatic heterocycles. The predicted octanol–water partition coefficient (Wildman–Crippen LogP) is 5.00. The molecule has 0 spiro atoms. The lowest BCUT2D eigenvalue weighted by molar-refractivity contribution is -0.130. The lowest BCUT2D eigenvalue weighted by Crippen LogP contribution is -2.47. The van der Waals surface area contributed by atoms with Crippen LogP contribution in [0.15, 0.2) is 96.0 Å². The van der Waals surface area contributed by atoms with Gasteiger partial charge < -0.3 is 5.32 Å². The third kappa shape index (κ3) is 6.81. The average molecular weight is 472 g/mol. The van der Waals surface area contributed by atoms with E-state index in [1.807, 2.05) is 78.9 Å². The van der Waals surface area contributed by atoms with Crippen LogP contribution >= 0.6 is 11.8 Å². The second kappa shape index (κ2) is 12.2. The number of amides is 2. The van der Waals surface area contributed by atoms with Gasteiger partial charge in [0.15, 0.2) is 5.17 Å². The Labute approximate surface area is 205 Å². The van der Waals surface area contributed by atoms with E-state index in [2.05, 4.69) is 17.4 Å². The molecule has 4 rings (SSSR count). The highest BCUT2D eigenvalue weighted by molar-refractivity contribution is 8.15. The molecule has 0 unspecified atom stereocenters. The first kappa shape index (κ1) is 23.8. The summed E-state index contributed by atoms with van der Waals surface area (Å²) in [5, 5.41) is 3.12. The normalized spacial score (nSPS) is 17.1. The third-order valence-electron chi connectivity index (χ3n) is 5.66. The first-order chi connectivity index (χ1) is 16.7. The zero-order valence-corrected chi connectivity index (χ0v) is 19.9. The number of benzene rings is 3. The van der Waals surface area contributed by atoms with E-state index in [1.165, 1.54) is 22.9 Å². The van der Waals surface area contributed by atoms with Crippen LogP contribution in [-0.2, 0) is 22.4 Å². The molecule has 1 N–H and O–H groups in total. The highest BCUT2D eigenvalue weighted by atomic mass is 32.2. The third-order valence-corrected chi connectivity index (χ3v) is 6.85. The maximum atomic E-state index is 13.1. The number of carbonyl (C=O) groups is 2. The Hall–Kier alpha value is -3.38. The quantitative estimate of drug-likeness (QED) is 0.478. The molecule has 2 amide bonds. The number of hydrogen-bond donors (Lipinski definition) is 1. The minimum absolute atomic E-state index is 0.0512. The molecule has 0 aromatic heterocycles. The number of hydrogen-bond acceptors (Lipinski definition) is 4. The maximum Gasteiger partial charge on any atom is 0.234 e. The van der Waals surface area contributed by atoms with Gasteiger partial charge in [-0.15, -0.1) is 0 Å². The fraction of sp³-hybridized carbons (Fsp3) is 0.250. The van der Waals surface area contributed by atoms with Gasteiger partial charge in [-0.3, -0.25) is 14.5 Å². The van der Waals surface area contributed by atoms with Crippen molar-refractivity contribution < 1.29 is 9.59 Å². The summed E-state index contributed by atoms with van der Waals surface area (Å²) in [7, 11) is 0. The molecule has 1 aliphatic rings. The van der Waals surface area contributed by atoms with Crippen LogP contribution in [0.1, 0.15) is 24.0 Å². The predicted molar refractivity (Wildman–Crippen MR) is 139 cm³/mol. The standard InChI is InChI=1S/C28H29N3O2S/c32-26-21-25(27(33)29-19-18-23-13-6-2-7-14-23)34-28(30-24-16-8-3-9-17-24)31(26)20-10-15-22-11-4-1-5-12-22/h1-9,11-14,16-17,25H,10,15,18-21H2,(H,29,33)/t25-/m1/s1. The van der Waals surface area contributed by atoms with Crippen molar-refractivity contribution >= 4 is 34.4 Å². The van der Waals surface area contributed by atoms with Crippen molar-refractivity contribution in [3.05, 3.63) is 102 Å². The summed E-state index contributed by atoms with van der Waals surface area (Å²) in [6.07, 6.45) is 2.66. The van der Waals surface area contributed by atoms with Crippen LogP contribution in [0.2, 0.25) is 0 Å². The molecule has 0 radical (unpaired) electrons. The van der Waals surface area contributed by atoms with Gasteiger partial charge >= 0.3 is 0 Å². The number of thioether (sulfide) groups is 1. The zero-order valence-electron chi connectivity index (χ0n) is 19.1.